The number of amides is 1. The van der Waals surface area contributed by atoms with Gasteiger partial charge >= 0.3 is 0 Å². The molecular weight excluding hydrogens is 368 g/mol. The predicted molar refractivity (Wildman–Crippen MR) is 109 cm³/mol. The second kappa shape index (κ2) is 8.46. The summed E-state index contributed by atoms with van der Waals surface area (Å²) in [5.41, 5.74) is 3.67. The third-order valence-corrected chi connectivity index (χ3v) is 7.97. The first kappa shape index (κ1) is 20.4. The van der Waals surface area contributed by atoms with Crippen LogP contribution < -0.4 is 5.32 Å². The van der Waals surface area contributed by atoms with E-state index in [1.54, 1.807) is 0 Å². The molecule has 5 atom stereocenters. The minimum atomic E-state index is -0.250. The first-order chi connectivity index (χ1) is 14.0. The first-order valence-corrected chi connectivity index (χ1v) is 11.1. The minimum Gasteiger partial charge on any atom is -0.483 e. The summed E-state index contributed by atoms with van der Waals surface area (Å²) in [6, 6.07) is 0. The van der Waals surface area contributed by atoms with Crippen molar-refractivity contribution in [1.82, 2.24) is 20.4 Å². The maximum absolute atomic E-state index is 12.6. The number of carbonyl (C=O) groups excluding carboxylic acids is 1. The Balaban J connectivity index is 0.000000645. The molecule has 1 saturated heterocycles. The molecule has 29 heavy (non-hydrogen) atoms. The Hall–Kier alpha value is -1.89. The van der Waals surface area contributed by atoms with E-state index in [0.29, 0.717) is 17.7 Å². The lowest BCUT2D eigenvalue weighted by atomic mass is 9.96. The average Bonchev–Trinajstić information content (AvgIpc) is 2.96. The molecule has 7 heteroatoms. The highest BCUT2D eigenvalue weighted by atomic mass is 16.3. The Bertz CT molecular complexity index is 705. The van der Waals surface area contributed by atoms with Crippen LogP contribution in [0.15, 0.2) is 0 Å². The van der Waals surface area contributed by atoms with Crippen LogP contribution in [0.1, 0.15) is 49.1 Å². The van der Waals surface area contributed by atoms with Crippen LogP contribution in [-0.2, 0) is 16.1 Å². The number of likely N-dealkylation sites (tertiary alicyclic amines) is 1. The van der Waals surface area contributed by atoms with Crippen molar-refractivity contribution in [3.63, 3.8) is 0 Å². The van der Waals surface area contributed by atoms with Crippen molar-refractivity contribution in [1.29, 1.82) is 0 Å². The van der Waals surface area contributed by atoms with Crippen LogP contribution in [0.2, 0.25) is 0 Å². The topological polar surface area (TPSA) is 98.3 Å². The van der Waals surface area contributed by atoms with Gasteiger partial charge in [-0.05, 0) is 88.6 Å². The molecule has 5 rings (SSSR count). The van der Waals surface area contributed by atoms with Gasteiger partial charge in [-0.3, -0.25) is 19.6 Å². The summed E-state index contributed by atoms with van der Waals surface area (Å²) in [7, 11) is 0. The zero-order valence-corrected chi connectivity index (χ0v) is 17.6. The minimum absolute atomic E-state index is 0.250. The van der Waals surface area contributed by atoms with E-state index in [2.05, 4.69) is 34.3 Å². The molecule has 7 nitrogen and oxygen atoms in total. The Kier molecular flexibility index (Phi) is 5.95. The van der Waals surface area contributed by atoms with Crippen molar-refractivity contribution in [3.05, 3.63) is 17.0 Å². The van der Waals surface area contributed by atoms with E-state index in [9.17, 15) is 4.79 Å². The van der Waals surface area contributed by atoms with E-state index < -0.39 is 0 Å². The maximum Gasteiger partial charge on any atom is 0.290 e. The van der Waals surface area contributed by atoms with Crippen LogP contribution in [0.5, 0.6) is 0 Å². The molecule has 0 radical (unpaired) electrons. The predicted octanol–water partition coefficient (Wildman–Crippen LogP) is 2.35. The lowest BCUT2D eigenvalue weighted by Gasteiger charge is -2.32. The van der Waals surface area contributed by atoms with Gasteiger partial charge in [0.05, 0.1) is 5.69 Å². The molecule has 1 aliphatic heterocycles. The molecule has 0 spiro atoms. The van der Waals surface area contributed by atoms with Gasteiger partial charge in [0.2, 0.25) is 5.91 Å². The zero-order chi connectivity index (χ0) is 20.5. The second-order valence-corrected chi connectivity index (χ2v) is 9.50. The van der Waals surface area contributed by atoms with Crippen LogP contribution in [-0.4, -0.2) is 52.2 Å². The molecule has 3 N–H and O–H groups in total. The number of hydrogen-bond acceptors (Lipinski definition) is 4. The van der Waals surface area contributed by atoms with Crippen LogP contribution >= 0.6 is 0 Å². The third kappa shape index (κ3) is 4.06. The third-order valence-electron chi connectivity index (χ3n) is 7.97. The quantitative estimate of drug-likeness (QED) is 0.657. The van der Waals surface area contributed by atoms with Gasteiger partial charge in [0.1, 0.15) is 0 Å². The molecular formula is C22H34N4O3. The number of carboxylic acid groups (broad SMARTS) is 1. The molecule has 1 unspecified atom stereocenters. The molecule has 0 aromatic carbocycles. The fourth-order valence-corrected chi connectivity index (χ4v) is 6.42. The smallest absolute Gasteiger partial charge is 0.290 e. The molecule has 1 aromatic rings. The highest BCUT2D eigenvalue weighted by Crippen LogP contribution is 2.69. The normalized spacial score (nSPS) is 33.0. The van der Waals surface area contributed by atoms with Crippen LogP contribution in [0.3, 0.4) is 0 Å². The van der Waals surface area contributed by atoms with Crippen molar-refractivity contribution >= 4 is 12.4 Å². The highest BCUT2D eigenvalue weighted by Gasteiger charge is 2.67. The van der Waals surface area contributed by atoms with E-state index in [4.69, 9.17) is 9.90 Å². The molecule has 1 aromatic heterocycles. The van der Waals surface area contributed by atoms with Gasteiger partial charge in [-0.2, -0.15) is 5.10 Å². The Morgan fingerprint density at radius 3 is 2.38 bits per heavy atom. The summed E-state index contributed by atoms with van der Waals surface area (Å²) in [6.45, 7) is 8.09. The Morgan fingerprint density at radius 2 is 1.83 bits per heavy atom. The molecule has 3 saturated carbocycles. The molecule has 1 amide bonds. The van der Waals surface area contributed by atoms with E-state index >= 15 is 0 Å². The van der Waals surface area contributed by atoms with Gasteiger partial charge in [0.25, 0.3) is 6.47 Å². The van der Waals surface area contributed by atoms with Crippen molar-refractivity contribution in [2.45, 2.75) is 52.5 Å². The number of aromatic nitrogens is 2. The first-order valence-electron chi connectivity index (χ1n) is 11.1. The SMILES string of the molecule is Cc1n[nH]c(C)c1CN1CCC(CNC(=O)C2[C@@H]3[C@H]4CC[C@H](C4)[C@H]23)CC1.O=CO. The van der Waals surface area contributed by atoms with Crippen LogP contribution in [0.4, 0.5) is 0 Å². The van der Waals surface area contributed by atoms with Crippen LogP contribution in [0, 0.1) is 49.4 Å². The monoisotopic (exact) mass is 402 g/mol. The zero-order valence-electron chi connectivity index (χ0n) is 17.6. The Labute approximate surface area is 172 Å². The van der Waals surface area contributed by atoms with Gasteiger partial charge in [0, 0.05) is 30.3 Å². The lowest BCUT2D eigenvalue weighted by Crippen LogP contribution is -2.39. The van der Waals surface area contributed by atoms with E-state index in [-0.39, 0.29) is 6.47 Å². The van der Waals surface area contributed by atoms with Crippen LogP contribution in [0.25, 0.3) is 0 Å². The van der Waals surface area contributed by atoms with Gasteiger partial charge in [0.15, 0.2) is 0 Å². The second-order valence-electron chi connectivity index (χ2n) is 9.50. The van der Waals surface area contributed by atoms with Gasteiger partial charge in [-0.15, -0.1) is 0 Å². The van der Waals surface area contributed by atoms with Gasteiger partial charge in [-0.1, -0.05) is 0 Å². The van der Waals surface area contributed by atoms with Gasteiger partial charge in [-0.25, -0.2) is 0 Å². The molecule has 2 heterocycles. The van der Waals surface area contributed by atoms with E-state index in [0.717, 1.165) is 55.5 Å². The van der Waals surface area contributed by atoms with E-state index in [1.807, 2.05) is 0 Å². The molecule has 3 aliphatic carbocycles. The molecule has 4 fully saturated rings. The number of nitrogens with zero attached hydrogens (tertiary/aromatic N) is 2. The summed E-state index contributed by atoms with van der Waals surface area (Å²) in [6.07, 6.45) is 6.60. The van der Waals surface area contributed by atoms with Crippen molar-refractivity contribution in [2.24, 2.45) is 35.5 Å². The number of hydrogen-bond donors (Lipinski definition) is 3. The number of aromatic amines is 1. The average molecular weight is 403 g/mol. The fourth-order valence-electron chi connectivity index (χ4n) is 6.42. The summed E-state index contributed by atoms with van der Waals surface area (Å²) in [4.78, 5) is 23.5. The number of carbonyl (C=O) groups is 2. The fraction of sp³-hybridized carbons (Fsp3) is 0.773. The Morgan fingerprint density at radius 1 is 1.21 bits per heavy atom. The maximum atomic E-state index is 12.6. The van der Waals surface area contributed by atoms with Crippen molar-refractivity contribution < 1.29 is 14.7 Å². The number of H-pyrrole nitrogens is 1. The number of rotatable bonds is 5. The molecule has 4 aliphatic rings. The number of fused-ring (bicyclic) bond motifs is 5. The summed E-state index contributed by atoms with van der Waals surface area (Å²) >= 11 is 0. The van der Waals surface area contributed by atoms with Crippen molar-refractivity contribution in [3.8, 4) is 0 Å². The number of aryl methyl sites for hydroxylation is 2. The lowest BCUT2D eigenvalue weighted by molar-refractivity contribution is -0.124. The number of nitrogens with one attached hydrogen (secondary N) is 2. The summed E-state index contributed by atoms with van der Waals surface area (Å²) in [5, 5.41) is 17.6. The number of piperidine rings is 1. The van der Waals surface area contributed by atoms with E-state index in [1.165, 1.54) is 43.4 Å². The summed E-state index contributed by atoms with van der Waals surface area (Å²) in [5.74, 6) is 4.71. The standard InChI is InChI=1S/C21H32N4O.CH2O2/c1-12-17(13(2)24-23-12)11-25-7-5-14(6-8-25)10-22-21(26)20-18-15-3-4-16(9-15)19(18)20;2-1-3/h14-16,18-20H,3-11H2,1-2H3,(H,22,26)(H,23,24);1H,(H,2,3)/t15-,16+,18+,19-,20?;. The summed E-state index contributed by atoms with van der Waals surface area (Å²) < 4.78 is 0. The largest absolute Gasteiger partial charge is 0.483 e. The molecule has 160 valence electrons. The highest BCUT2D eigenvalue weighted by molar-refractivity contribution is 5.82. The van der Waals surface area contributed by atoms with Gasteiger partial charge < -0.3 is 10.4 Å². The van der Waals surface area contributed by atoms with Crippen molar-refractivity contribution in [2.75, 3.05) is 19.6 Å². The molecule has 2 bridgehead atoms.